The van der Waals surface area contributed by atoms with Crippen molar-refractivity contribution in [2.24, 2.45) is 5.41 Å². The van der Waals surface area contributed by atoms with E-state index in [-0.39, 0.29) is 0 Å². The Labute approximate surface area is 121 Å². The van der Waals surface area contributed by atoms with E-state index >= 15 is 0 Å². The molecule has 110 valence electrons. The van der Waals surface area contributed by atoms with Crippen molar-refractivity contribution in [2.45, 2.75) is 43.4 Å². The molecule has 2 aliphatic rings. The minimum absolute atomic E-state index is 0.474. The van der Waals surface area contributed by atoms with E-state index in [1.165, 1.54) is 44.8 Å². The van der Waals surface area contributed by atoms with Crippen molar-refractivity contribution in [3.05, 3.63) is 24.3 Å². The van der Waals surface area contributed by atoms with Crippen LogP contribution in [0, 0.1) is 5.41 Å². The molecule has 20 heavy (non-hydrogen) atoms. The fourth-order valence-corrected chi connectivity index (χ4v) is 4.78. The molecule has 0 aromatic heterocycles. The van der Waals surface area contributed by atoms with Crippen molar-refractivity contribution in [3.8, 4) is 0 Å². The minimum atomic E-state index is -3.15. The molecule has 1 saturated heterocycles. The lowest BCUT2D eigenvalue weighted by atomic mass is 9.77. The average Bonchev–Trinajstić information content (AvgIpc) is 2.87. The number of nitrogens with zero attached hydrogens (tertiary/aromatic N) is 1. The number of anilines is 1. The van der Waals surface area contributed by atoms with Gasteiger partial charge in [0.05, 0.1) is 10.6 Å². The number of benzene rings is 1. The molecule has 0 atom stereocenters. The van der Waals surface area contributed by atoms with Gasteiger partial charge in [0.1, 0.15) is 0 Å². The number of hydrogen-bond donors (Lipinski definition) is 0. The van der Waals surface area contributed by atoms with Gasteiger partial charge in [-0.05, 0) is 43.2 Å². The first-order chi connectivity index (χ1) is 9.50. The van der Waals surface area contributed by atoms with Crippen LogP contribution in [0.1, 0.15) is 38.5 Å². The summed E-state index contributed by atoms with van der Waals surface area (Å²) in [6, 6.07) is 7.42. The summed E-state index contributed by atoms with van der Waals surface area (Å²) in [5, 5.41) is 0. The largest absolute Gasteiger partial charge is 0.370 e. The first-order valence-electron chi connectivity index (χ1n) is 7.54. The summed E-state index contributed by atoms with van der Waals surface area (Å²) in [5.41, 5.74) is 1.46. The van der Waals surface area contributed by atoms with Gasteiger partial charge >= 0.3 is 0 Å². The van der Waals surface area contributed by atoms with E-state index in [1.807, 2.05) is 18.2 Å². The third-order valence-electron chi connectivity index (χ3n) is 5.09. The van der Waals surface area contributed by atoms with Crippen LogP contribution in [-0.2, 0) is 9.84 Å². The van der Waals surface area contributed by atoms with E-state index in [4.69, 9.17) is 0 Å². The Bertz CT molecular complexity index is 578. The number of sulfone groups is 1. The first-order valence-corrected chi connectivity index (χ1v) is 9.43. The van der Waals surface area contributed by atoms with Gasteiger partial charge in [-0.3, -0.25) is 0 Å². The maximum absolute atomic E-state index is 11.9. The molecule has 2 fully saturated rings. The maximum atomic E-state index is 11.9. The third kappa shape index (κ3) is 2.58. The summed E-state index contributed by atoms with van der Waals surface area (Å²) in [6.07, 6.45) is 9.22. The summed E-state index contributed by atoms with van der Waals surface area (Å²) in [7, 11) is -3.15. The summed E-state index contributed by atoms with van der Waals surface area (Å²) in [4.78, 5) is 2.74. The number of piperidine rings is 1. The topological polar surface area (TPSA) is 37.4 Å². The van der Waals surface area contributed by atoms with Gasteiger partial charge in [-0.2, -0.15) is 0 Å². The van der Waals surface area contributed by atoms with E-state index < -0.39 is 9.84 Å². The molecule has 3 rings (SSSR count). The van der Waals surface area contributed by atoms with Gasteiger partial charge in [0.15, 0.2) is 9.84 Å². The quantitative estimate of drug-likeness (QED) is 0.840. The average molecular weight is 293 g/mol. The van der Waals surface area contributed by atoms with Crippen molar-refractivity contribution in [2.75, 3.05) is 24.2 Å². The van der Waals surface area contributed by atoms with E-state index in [2.05, 4.69) is 4.90 Å². The Balaban J connectivity index is 1.82. The van der Waals surface area contributed by atoms with Gasteiger partial charge in [-0.15, -0.1) is 0 Å². The Morgan fingerprint density at radius 3 is 2.20 bits per heavy atom. The molecule has 1 heterocycles. The zero-order valence-electron chi connectivity index (χ0n) is 12.1. The second-order valence-electron chi connectivity index (χ2n) is 6.43. The molecular formula is C16H23NO2S. The van der Waals surface area contributed by atoms with Crippen LogP contribution < -0.4 is 4.90 Å². The Morgan fingerprint density at radius 1 is 1.00 bits per heavy atom. The van der Waals surface area contributed by atoms with Crippen LogP contribution in [0.4, 0.5) is 5.69 Å². The predicted octanol–water partition coefficient (Wildman–Crippen LogP) is 3.25. The predicted molar refractivity (Wildman–Crippen MR) is 81.9 cm³/mol. The van der Waals surface area contributed by atoms with Crippen molar-refractivity contribution in [1.29, 1.82) is 0 Å². The molecule has 0 N–H and O–H groups in total. The lowest BCUT2D eigenvalue weighted by molar-refractivity contribution is 0.226. The van der Waals surface area contributed by atoms with Crippen molar-refractivity contribution in [3.63, 3.8) is 0 Å². The summed E-state index contributed by atoms with van der Waals surface area (Å²) in [5.74, 6) is 0. The molecule has 1 aromatic carbocycles. The van der Waals surface area contributed by atoms with E-state index in [1.54, 1.807) is 6.07 Å². The maximum Gasteiger partial charge on any atom is 0.177 e. The highest BCUT2D eigenvalue weighted by atomic mass is 32.2. The van der Waals surface area contributed by atoms with Crippen LogP contribution >= 0.6 is 0 Å². The lowest BCUT2D eigenvalue weighted by Gasteiger charge is -2.41. The summed E-state index contributed by atoms with van der Waals surface area (Å²) >= 11 is 0. The number of para-hydroxylation sites is 1. The van der Waals surface area contributed by atoms with E-state index in [0.717, 1.165) is 18.8 Å². The fraction of sp³-hybridized carbons (Fsp3) is 0.625. The number of hydrogen-bond acceptors (Lipinski definition) is 3. The summed E-state index contributed by atoms with van der Waals surface area (Å²) in [6.45, 7) is 1.99. The molecule has 0 amide bonds. The third-order valence-corrected chi connectivity index (χ3v) is 6.24. The molecule has 1 aliphatic carbocycles. The second-order valence-corrected chi connectivity index (χ2v) is 8.42. The van der Waals surface area contributed by atoms with Crippen LogP contribution in [0.3, 0.4) is 0 Å². The van der Waals surface area contributed by atoms with Gasteiger partial charge < -0.3 is 4.90 Å². The highest BCUT2D eigenvalue weighted by molar-refractivity contribution is 7.90. The highest BCUT2D eigenvalue weighted by Gasteiger charge is 2.37. The normalized spacial score (nSPS) is 22.4. The molecule has 1 aromatic rings. The fourth-order valence-electron chi connectivity index (χ4n) is 3.88. The molecular weight excluding hydrogens is 270 g/mol. The highest BCUT2D eigenvalue weighted by Crippen LogP contribution is 2.47. The minimum Gasteiger partial charge on any atom is -0.370 e. The molecule has 4 heteroatoms. The van der Waals surface area contributed by atoms with Crippen LogP contribution in [0.5, 0.6) is 0 Å². The zero-order chi connectivity index (χ0) is 14.2. The van der Waals surface area contributed by atoms with Crippen LogP contribution in [0.25, 0.3) is 0 Å². The molecule has 1 saturated carbocycles. The van der Waals surface area contributed by atoms with Crippen molar-refractivity contribution >= 4 is 15.5 Å². The molecule has 1 spiro atoms. The monoisotopic (exact) mass is 293 g/mol. The zero-order valence-corrected chi connectivity index (χ0v) is 13.0. The number of rotatable bonds is 2. The van der Waals surface area contributed by atoms with Crippen molar-refractivity contribution < 1.29 is 8.42 Å². The van der Waals surface area contributed by atoms with Gasteiger partial charge in [-0.25, -0.2) is 8.42 Å². The SMILES string of the molecule is CS(=O)(=O)c1ccccc1N1CCC2(CCCC2)CC1. The molecule has 3 nitrogen and oxygen atoms in total. The van der Waals surface area contributed by atoms with Crippen LogP contribution in [0.2, 0.25) is 0 Å². The van der Waals surface area contributed by atoms with Gasteiger partial charge in [0.2, 0.25) is 0 Å². The lowest BCUT2D eigenvalue weighted by Crippen LogP contribution is -2.39. The standard InChI is InChI=1S/C16H23NO2S/c1-20(18,19)15-7-3-2-6-14(15)17-12-10-16(11-13-17)8-4-5-9-16/h2-3,6-7H,4-5,8-13H2,1H3. The second kappa shape index (κ2) is 5.06. The van der Waals surface area contributed by atoms with Crippen molar-refractivity contribution in [1.82, 2.24) is 0 Å². The Morgan fingerprint density at radius 2 is 1.60 bits per heavy atom. The van der Waals surface area contributed by atoms with E-state index in [9.17, 15) is 8.42 Å². The Hall–Kier alpha value is -1.03. The molecule has 0 unspecified atom stereocenters. The van der Waals surface area contributed by atoms with Gasteiger partial charge in [-0.1, -0.05) is 25.0 Å². The van der Waals surface area contributed by atoms with Gasteiger partial charge in [0, 0.05) is 19.3 Å². The van der Waals surface area contributed by atoms with E-state index in [0.29, 0.717) is 10.3 Å². The van der Waals surface area contributed by atoms with Gasteiger partial charge in [0.25, 0.3) is 0 Å². The molecule has 0 radical (unpaired) electrons. The molecule has 1 aliphatic heterocycles. The molecule has 0 bridgehead atoms. The van der Waals surface area contributed by atoms with Crippen LogP contribution in [0.15, 0.2) is 29.2 Å². The van der Waals surface area contributed by atoms with Crippen LogP contribution in [-0.4, -0.2) is 27.8 Å². The summed E-state index contributed by atoms with van der Waals surface area (Å²) < 4.78 is 23.8. The smallest absolute Gasteiger partial charge is 0.177 e. The Kier molecular flexibility index (Phi) is 3.53. The first kappa shape index (κ1) is 13.9.